The normalized spacial score (nSPS) is 11.4. The number of hydrogen-bond acceptors (Lipinski definition) is 7. The van der Waals surface area contributed by atoms with Crippen LogP contribution in [0, 0.1) is 0 Å². The summed E-state index contributed by atoms with van der Waals surface area (Å²) in [6, 6.07) is 5.13. The Hall–Kier alpha value is -3.30. The Morgan fingerprint density at radius 2 is 2.15 bits per heavy atom. The van der Waals surface area contributed by atoms with Crippen LogP contribution in [-0.2, 0) is 0 Å². The fraction of sp³-hybridized carbons (Fsp3) is 0. The molecule has 3 heterocycles. The first-order valence-corrected chi connectivity index (χ1v) is 5.64. The van der Waals surface area contributed by atoms with Crippen molar-refractivity contribution in [1.29, 1.82) is 0 Å². The zero-order chi connectivity index (χ0) is 13.7. The molecule has 0 bridgehead atoms. The number of rotatable bonds is 1. The van der Waals surface area contributed by atoms with Gasteiger partial charge in [-0.3, -0.25) is 0 Å². The Kier molecular flexibility index (Phi) is 1.91. The lowest BCUT2D eigenvalue weighted by Crippen LogP contribution is -2.17. The first kappa shape index (κ1) is 10.6. The lowest BCUT2D eigenvalue weighted by molar-refractivity contribution is 0.881. The summed E-state index contributed by atoms with van der Waals surface area (Å²) in [5.74, 6) is 0.421. The number of nitrogen functional groups attached to an aromatic ring is 1. The van der Waals surface area contributed by atoms with Crippen LogP contribution in [-0.4, -0.2) is 40.2 Å². The highest BCUT2D eigenvalue weighted by atomic mass is 16.1. The van der Waals surface area contributed by atoms with E-state index in [9.17, 15) is 4.79 Å². The maximum Gasteiger partial charge on any atom is 0.348 e. The third kappa shape index (κ3) is 1.38. The van der Waals surface area contributed by atoms with E-state index in [2.05, 4.69) is 35.7 Å². The first-order chi connectivity index (χ1) is 9.72. The third-order valence-corrected chi connectivity index (χ3v) is 2.87. The molecular formula is C10H7N9O. The molecule has 0 unspecified atom stereocenters. The number of nitrogens with two attached hydrogens (primary N) is 1. The molecule has 0 aliphatic carbocycles. The van der Waals surface area contributed by atoms with Crippen molar-refractivity contribution in [1.82, 2.24) is 40.2 Å². The maximum absolute atomic E-state index is 12.0. The SMILES string of the molecule is Nc1ccc2[nH]c(=O)n3nc(-c4nn[nH]n4)nc3c2c1. The van der Waals surface area contributed by atoms with Crippen molar-refractivity contribution < 1.29 is 0 Å². The fourth-order valence-corrected chi connectivity index (χ4v) is 2.00. The van der Waals surface area contributed by atoms with Crippen LogP contribution in [0.1, 0.15) is 0 Å². The molecule has 10 nitrogen and oxygen atoms in total. The smallest absolute Gasteiger partial charge is 0.348 e. The number of benzene rings is 1. The van der Waals surface area contributed by atoms with Gasteiger partial charge in [0.25, 0.3) is 0 Å². The highest BCUT2D eigenvalue weighted by Gasteiger charge is 2.14. The predicted molar refractivity (Wildman–Crippen MR) is 68.7 cm³/mol. The second kappa shape index (κ2) is 3.60. The molecule has 0 aliphatic rings. The first-order valence-electron chi connectivity index (χ1n) is 5.64. The quantitative estimate of drug-likeness (QED) is 0.389. The second-order valence-electron chi connectivity index (χ2n) is 4.14. The van der Waals surface area contributed by atoms with E-state index in [-0.39, 0.29) is 11.6 Å². The minimum absolute atomic E-state index is 0.208. The highest BCUT2D eigenvalue weighted by Crippen LogP contribution is 2.19. The number of nitrogens with one attached hydrogen (secondary N) is 2. The lowest BCUT2D eigenvalue weighted by Gasteiger charge is -2.00. The van der Waals surface area contributed by atoms with Crippen molar-refractivity contribution in [3.63, 3.8) is 0 Å². The molecule has 20 heavy (non-hydrogen) atoms. The van der Waals surface area contributed by atoms with E-state index in [1.807, 2.05) is 0 Å². The van der Waals surface area contributed by atoms with Crippen LogP contribution in [0.25, 0.3) is 28.2 Å². The summed E-state index contributed by atoms with van der Waals surface area (Å²) in [6.07, 6.45) is 0. The molecule has 0 aliphatic heterocycles. The minimum Gasteiger partial charge on any atom is -0.399 e. The van der Waals surface area contributed by atoms with Crippen LogP contribution in [0.15, 0.2) is 23.0 Å². The van der Waals surface area contributed by atoms with Gasteiger partial charge in [0.1, 0.15) is 0 Å². The number of aromatic nitrogens is 8. The maximum atomic E-state index is 12.0. The van der Waals surface area contributed by atoms with Crippen LogP contribution in [0.3, 0.4) is 0 Å². The van der Waals surface area contributed by atoms with Gasteiger partial charge < -0.3 is 10.7 Å². The average Bonchev–Trinajstić information content (AvgIpc) is 3.08. The predicted octanol–water partition coefficient (Wildman–Crippen LogP) is -0.667. The topological polar surface area (TPSA) is 144 Å². The van der Waals surface area contributed by atoms with E-state index in [4.69, 9.17) is 5.73 Å². The van der Waals surface area contributed by atoms with E-state index in [1.54, 1.807) is 18.2 Å². The van der Waals surface area contributed by atoms with E-state index in [1.165, 1.54) is 0 Å². The fourth-order valence-electron chi connectivity index (χ4n) is 2.00. The van der Waals surface area contributed by atoms with Gasteiger partial charge in [-0.25, -0.2) is 9.78 Å². The number of tetrazole rings is 1. The summed E-state index contributed by atoms with van der Waals surface area (Å²) in [5, 5.41) is 18.1. The van der Waals surface area contributed by atoms with Gasteiger partial charge >= 0.3 is 5.69 Å². The van der Waals surface area contributed by atoms with Crippen LogP contribution >= 0.6 is 0 Å². The summed E-state index contributed by atoms with van der Waals surface area (Å²) in [5.41, 5.74) is 6.94. The summed E-state index contributed by atoms with van der Waals surface area (Å²) < 4.78 is 1.15. The summed E-state index contributed by atoms with van der Waals surface area (Å²) in [4.78, 5) is 19.0. The van der Waals surface area contributed by atoms with Crippen LogP contribution in [0.5, 0.6) is 0 Å². The zero-order valence-electron chi connectivity index (χ0n) is 9.90. The number of aromatic amines is 2. The molecule has 98 valence electrons. The summed E-state index contributed by atoms with van der Waals surface area (Å²) >= 11 is 0. The molecule has 1 aromatic carbocycles. The highest BCUT2D eigenvalue weighted by molar-refractivity contribution is 5.93. The average molecular weight is 269 g/mol. The van der Waals surface area contributed by atoms with Crippen LogP contribution < -0.4 is 11.4 Å². The van der Waals surface area contributed by atoms with Gasteiger partial charge in [-0.15, -0.1) is 15.3 Å². The number of nitrogens with zero attached hydrogens (tertiary/aromatic N) is 6. The Bertz CT molecular complexity index is 981. The van der Waals surface area contributed by atoms with E-state index < -0.39 is 5.69 Å². The molecule has 3 aromatic heterocycles. The van der Waals surface area contributed by atoms with Crippen molar-refractivity contribution in [2.24, 2.45) is 0 Å². The molecule has 4 aromatic rings. The molecule has 0 atom stereocenters. The summed E-state index contributed by atoms with van der Waals surface area (Å²) in [7, 11) is 0. The van der Waals surface area contributed by atoms with Crippen molar-refractivity contribution in [3.05, 3.63) is 28.7 Å². The monoisotopic (exact) mass is 269 g/mol. The van der Waals surface area contributed by atoms with Gasteiger partial charge in [-0.05, 0) is 23.4 Å². The summed E-state index contributed by atoms with van der Waals surface area (Å²) in [6.45, 7) is 0. The largest absolute Gasteiger partial charge is 0.399 e. The van der Waals surface area contributed by atoms with E-state index in [0.29, 0.717) is 22.2 Å². The Labute approximate surface area is 109 Å². The van der Waals surface area contributed by atoms with Gasteiger partial charge in [0.2, 0.25) is 11.6 Å². The van der Waals surface area contributed by atoms with Gasteiger partial charge in [0.05, 0.1) is 5.52 Å². The Morgan fingerprint density at radius 3 is 2.95 bits per heavy atom. The van der Waals surface area contributed by atoms with Gasteiger partial charge in [0, 0.05) is 11.1 Å². The van der Waals surface area contributed by atoms with Gasteiger partial charge in [-0.2, -0.15) is 9.73 Å². The van der Waals surface area contributed by atoms with Crippen LogP contribution in [0.4, 0.5) is 5.69 Å². The lowest BCUT2D eigenvalue weighted by atomic mass is 10.2. The molecule has 4 N–H and O–H groups in total. The van der Waals surface area contributed by atoms with Crippen LogP contribution in [0.2, 0.25) is 0 Å². The molecule has 0 saturated carbocycles. The molecule has 0 fully saturated rings. The third-order valence-electron chi connectivity index (χ3n) is 2.87. The number of anilines is 1. The minimum atomic E-state index is -0.403. The Balaban J connectivity index is 2.15. The van der Waals surface area contributed by atoms with Crippen molar-refractivity contribution in [3.8, 4) is 11.6 Å². The molecule has 10 heteroatoms. The van der Waals surface area contributed by atoms with Crippen molar-refractivity contribution in [2.45, 2.75) is 0 Å². The number of H-pyrrole nitrogens is 2. The number of hydrogen-bond donors (Lipinski definition) is 3. The van der Waals surface area contributed by atoms with E-state index >= 15 is 0 Å². The molecule has 0 radical (unpaired) electrons. The van der Waals surface area contributed by atoms with Crippen molar-refractivity contribution in [2.75, 3.05) is 5.73 Å². The van der Waals surface area contributed by atoms with Gasteiger partial charge in [-0.1, -0.05) is 0 Å². The molecule has 0 saturated heterocycles. The zero-order valence-corrected chi connectivity index (χ0v) is 9.90. The molecular weight excluding hydrogens is 262 g/mol. The standard InChI is InChI=1S/C10H7N9O/c11-4-1-2-6-5(3-4)9-13-7(8-14-17-18-15-8)16-19(9)10(20)12-6/h1-3H,11H2,(H,12,20)(H,14,15,17,18). The number of fused-ring (bicyclic) bond motifs is 3. The molecule has 0 amide bonds. The Morgan fingerprint density at radius 1 is 1.25 bits per heavy atom. The molecule has 4 rings (SSSR count). The molecule has 0 spiro atoms. The van der Waals surface area contributed by atoms with E-state index in [0.717, 1.165) is 4.52 Å². The van der Waals surface area contributed by atoms with Crippen molar-refractivity contribution >= 4 is 22.2 Å². The van der Waals surface area contributed by atoms with Gasteiger partial charge in [0.15, 0.2) is 5.65 Å². The second-order valence-corrected chi connectivity index (χ2v) is 4.14.